The SMILES string of the molecule is C[C@H](NS(=O)(=O)c1cc(Cl)c(Cl)cc1Cl)[C@@H](Cc1ccc(Cl)cc1)c1cccc(C#N)c1. The van der Waals surface area contributed by atoms with E-state index >= 15 is 0 Å². The fourth-order valence-electron chi connectivity index (χ4n) is 3.40. The third kappa shape index (κ3) is 5.96. The van der Waals surface area contributed by atoms with Gasteiger partial charge in [-0.25, -0.2) is 13.1 Å². The Morgan fingerprint density at radius 1 is 0.938 bits per heavy atom. The van der Waals surface area contributed by atoms with Crippen molar-refractivity contribution in [2.45, 2.75) is 30.2 Å². The van der Waals surface area contributed by atoms with Crippen LogP contribution in [-0.4, -0.2) is 14.5 Å². The number of nitriles is 1. The molecule has 0 radical (unpaired) electrons. The molecule has 3 aromatic rings. The van der Waals surface area contributed by atoms with E-state index in [9.17, 15) is 13.7 Å². The van der Waals surface area contributed by atoms with Gasteiger partial charge in [-0.1, -0.05) is 70.7 Å². The van der Waals surface area contributed by atoms with E-state index in [2.05, 4.69) is 10.8 Å². The number of benzene rings is 3. The smallest absolute Gasteiger partial charge is 0.208 e. The van der Waals surface area contributed by atoms with Crippen LogP contribution in [0.5, 0.6) is 0 Å². The molecule has 0 amide bonds. The molecule has 32 heavy (non-hydrogen) atoms. The summed E-state index contributed by atoms with van der Waals surface area (Å²) >= 11 is 24.1. The van der Waals surface area contributed by atoms with Crippen molar-refractivity contribution in [2.24, 2.45) is 0 Å². The van der Waals surface area contributed by atoms with Crippen molar-refractivity contribution in [3.05, 3.63) is 97.4 Å². The average molecular weight is 528 g/mol. The molecule has 0 unspecified atom stereocenters. The summed E-state index contributed by atoms with van der Waals surface area (Å²) in [4.78, 5) is -0.156. The summed E-state index contributed by atoms with van der Waals surface area (Å²) in [6.45, 7) is 1.77. The predicted molar refractivity (Wildman–Crippen MR) is 130 cm³/mol. The molecule has 0 fully saturated rings. The van der Waals surface area contributed by atoms with Gasteiger partial charge < -0.3 is 0 Å². The topological polar surface area (TPSA) is 70.0 Å². The minimum absolute atomic E-state index is 0.0279. The molecule has 3 aromatic carbocycles. The number of halogens is 4. The number of hydrogen-bond donors (Lipinski definition) is 1. The first-order chi connectivity index (χ1) is 15.1. The van der Waals surface area contributed by atoms with Crippen molar-refractivity contribution in [2.75, 3.05) is 0 Å². The zero-order chi connectivity index (χ0) is 23.5. The summed E-state index contributed by atoms with van der Waals surface area (Å²) in [7, 11) is -4.01. The van der Waals surface area contributed by atoms with Gasteiger partial charge in [0.1, 0.15) is 4.90 Å². The van der Waals surface area contributed by atoms with Gasteiger partial charge in [0.2, 0.25) is 10.0 Å². The molecule has 9 heteroatoms. The molecule has 166 valence electrons. The molecule has 0 saturated carbocycles. The molecular formula is C23H18Cl4N2O2S. The van der Waals surface area contributed by atoms with E-state index in [1.54, 1.807) is 37.3 Å². The molecule has 0 spiro atoms. The first-order valence-electron chi connectivity index (χ1n) is 9.52. The zero-order valence-electron chi connectivity index (χ0n) is 16.8. The highest BCUT2D eigenvalue weighted by Crippen LogP contribution is 2.33. The van der Waals surface area contributed by atoms with Crippen molar-refractivity contribution in [1.82, 2.24) is 4.72 Å². The lowest BCUT2D eigenvalue weighted by atomic mass is 9.86. The number of nitrogens with one attached hydrogen (secondary N) is 1. The Hall–Kier alpha value is -1.78. The van der Waals surface area contributed by atoms with Crippen LogP contribution in [0, 0.1) is 11.3 Å². The lowest BCUT2D eigenvalue weighted by Crippen LogP contribution is -2.38. The van der Waals surface area contributed by atoms with Crippen molar-refractivity contribution in [1.29, 1.82) is 5.26 Å². The Balaban J connectivity index is 1.97. The third-order valence-corrected chi connectivity index (χ3v) is 8.02. The second kappa shape index (κ2) is 10.4. The van der Waals surface area contributed by atoms with Crippen molar-refractivity contribution >= 4 is 56.4 Å². The molecule has 0 heterocycles. The Morgan fingerprint density at radius 2 is 1.59 bits per heavy atom. The molecule has 0 bridgehead atoms. The van der Waals surface area contributed by atoms with E-state index in [1.807, 2.05) is 18.2 Å². The average Bonchev–Trinajstić information content (AvgIpc) is 2.75. The van der Waals surface area contributed by atoms with Gasteiger partial charge in [-0.05, 0) is 60.9 Å². The Labute approximate surface area is 207 Å². The van der Waals surface area contributed by atoms with Crippen LogP contribution in [-0.2, 0) is 16.4 Å². The zero-order valence-corrected chi connectivity index (χ0v) is 20.7. The monoisotopic (exact) mass is 526 g/mol. The van der Waals surface area contributed by atoms with Gasteiger partial charge in [0.25, 0.3) is 0 Å². The van der Waals surface area contributed by atoms with Crippen molar-refractivity contribution < 1.29 is 8.42 Å². The maximum absolute atomic E-state index is 13.1. The summed E-state index contributed by atoms with van der Waals surface area (Å²) in [5.74, 6) is -0.277. The number of nitrogens with zero attached hydrogens (tertiary/aromatic N) is 1. The van der Waals surface area contributed by atoms with Crippen LogP contribution >= 0.6 is 46.4 Å². The maximum Gasteiger partial charge on any atom is 0.242 e. The molecule has 0 saturated heterocycles. The summed E-state index contributed by atoms with van der Waals surface area (Å²) in [6.07, 6.45) is 0.519. The van der Waals surface area contributed by atoms with Crippen molar-refractivity contribution in [3.8, 4) is 6.07 Å². The Kier molecular flexibility index (Phi) is 8.11. The van der Waals surface area contributed by atoms with E-state index in [-0.39, 0.29) is 25.9 Å². The van der Waals surface area contributed by atoms with Gasteiger partial charge >= 0.3 is 0 Å². The highest BCUT2D eigenvalue weighted by Gasteiger charge is 2.27. The second-order valence-electron chi connectivity index (χ2n) is 7.28. The quantitative estimate of drug-likeness (QED) is 0.341. The van der Waals surface area contributed by atoms with E-state index in [4.69, 9.17) is 46.4 Å². The van der Waals surface area contributed by atoms with Crippen LogP contribution < -0.4 is 4.72 Å². The van der Waals surface area contributed by atoms with E-state index in [0.29, 0.717) is 17.0 Å². The first-order valence-corrected chi connectivity index (χ1v) is 12.5. The molecule has 0 aliphatic rings. The fourth-order valence-corrected chi connectivity index (χ4v) is 5.81. The van der Waals surface area contributed by atoms with E-state index in [1.165, 1.54) is 12.1 Å². The predicted octanol–water partition coefficient (Wildman–Crippen LogP) is 6.87. The van der Waals surface area contributed by atoms with Crippen molar-refractivity contribution in [3.63, 3.8) is 0 Å². The van der Waals surface area contributed by atoms with Crippen LogP contribution in [0.15, 0.2) is 65.6 Å². The summed E-state index contributed by atoms with van der Waals surface area (Å²) in [5, 5.41) is 10.1. The van der Waals surface area contributed by atoms with Crippen LogP contribution in [0.25, 0.3) is 0 Å². The van der Waals surface area contributed by atoms with Crippen LogP contribution in [0.2, 0.25) is 20.1 Å². The molecule has 0 aliphatic heterocycles. The second-order valence-corrected chi connectivity index (χ2v) is 10.6. The van der Waals surface area contributed by atoms with Gasteiger partial charge in [0.05, 0.1) is 26.7 Å². The van der Waals surface area contributed by atoms with Gasteiger partial charge in [0.15, 0.2) is 0 Å². The van der Waals surface area contributed by atoms with Gasteiger partial charge in [-0.2, -0.15) is 5.26 Å². The molecule has 3 rings (SSSR count). The largest absolute Gasteiger partial charge is 0.242 e. The number of sulfonamides is 1. The van der Waals surface area contributed by atoms with Gasteiger partial charge in [0, 0.05) is 17.0 Å². The highest BCUT2D eigenvalue weighted by molar-refractivity contribution is 7.89. The van der Waals surface area contributed by atoms with Crippen LogP contribution in [0.3, 0.4) is 0 Å². The lowest BCUT2D eigenvalue weighted by Gasteiger charge is -2.26. The normalized spacial score (nSPS) is 13.4. The summed E-state index contributed by atoms with van der Waals surface area (Å²) < 4.78 is 28.9. The minimum Gasteiger partial charge on any atom is -0.208 e. The summed E-state index contributed by atoms with van der Waals surface area (Å²) in [6, 6.07) is 18.6. The Bertz CT molecular complexity index is 1270. The van der Waals surface area contributed by atoms with Crippen LogP contribution in [0.4, 0.5) is 0 Å². The standard InChI is InChI=1S/C23H18Cl4N2O2S/c1-14(29-32(30,31)23-12-21(26)20(25)11-22(23)27)19(10-15-5-7-18(24)8-6-15)17-4-2-3-16(9-17)13-28/h2-9,11-12,14,19,29H,10H2,1H3/t14-,19+/m0/s1. The van der Waals surface area contributed by atoms with Crippen LogP contribution in [0.1, 0.15) is 29.5 Å². The highest BCUT2D eigenvalue weighted by atomic mass is 35.5. The fraction of sp³-hybridized carbons (Fsp3) is 0.174. The lowest BCUT2D eigenvalue weighted by molar-refractivity contribution is 0.503. The van der Waals surface area contributed by atoms with Gasteiger partial charge in [-0.3, -0.25) is 0 Å². The summed E-state index contributed by atoms with van der Waals surface area (Å²) in [5.41, 5.74) is 2.29. The number of hydrogen-bond acceptors (Lipinski definition) is 3. The maximum atomic E-state index is 13.1. The minimum atomic E-state index is -4.01. The molecular weight excluding hydrogens is 510 g/mol. The first kappa shape index (κ1) is 24.9. The Morgan fingerprint density at radius 3 is 2.25 bits per heavy atom. The third-order valence-electron chi connectivity index (χ3n) is 5.02. The molecule has 4 nitrogen and oxygen atoms in total. The molecule has 1 N–H and O–H groups in total. The molecule has 0 aromatic heterocycles. The van der Waals surface area contributed by atoms with E-state index < -0.39 is 16.1 Å². The number of rotatable bonds is 7. The molecule has 0 aliphatic carbocycles. The van der Waals surface area contributed by atoms with E-state index in [0.717, 1.165) is 11.1 Å². The molecule has 2 atom stereocenters. The van der Waals surface area contributed by atoms with Gasteiger partial charge in [-0.15, -0.1) is 0 Å².